The number of hydrogen-bond donors (Lipinski definition) is 1. The van der Waals surface area contributed by atoms with Gasteiger partial charge in [-0.15, -0.1) is 11.3 Å². The Kier molecular flexibility index (Phi) is 5.77. The maximum atomic E-state index is 12.7. The molecule has 4 nitrogen and oxygen atoms in total. The average Bonchev–Trinajstić information content (AvgIpc) is 2.88. The molecular weight excluding hydrogens is 344 g/mol. The Morgan fingerprint density at radius 1 is 1.15 bits per heavy atom. The molecule has 2 amide bonds. The second kappa shape index (κ2) is 8.04. The summed E-state index contributed by atoms with van der Waals surface area (Å²) < 4.78 is 0. The molecule has 3 rings (SSSR count). The van der Waals surface area contributed by atoms with Crippen LogP contribution in [0.4, 0.5) is 5.69 Å². The summed E-state index contributed by atoms with van der Waals surface area (Å²) in [7, 11) is 1.69. The van der Waals surface area contributed by atoms with E-state index in [4.69, 9.17) is 0 Å². The first kappa shape index (κ1) is 18.6. The smallest absolute Gasteiger partial charge is 0.264 e. The van der Waals surface area contributed by atoms with Crippen molar-refractivity contribution in [2.45, 2.75) is 46.0 Å². The summed E-state index contributed by atoms with van der Waals surface area (Å²) in [4.78, 5) is 28.7. The SMILES string of the molecule is Cc1cccc(NC(=O)CN(C)C(=O)c2cc3c(s2)CCCCC3)c1C. The molecule has 0 atom stereocenters. The third kappa shape index (κ3) is 4.15. The largest absolute Gasteiger partial charge is 0.332 e. The molecular formula is C21H26N2O2S. The van der Waals surface area contributed by atoms with Gasteiger partial charge in [-0.25, -0.2) is 0 Å². The highest BCUT2D eigenvalue weighted by Gasteiger charge is 2.20. The van der Waals surface area contributed by atoms with Crippen molar-refractivity contribution in [3.05, 3.63) is 50.7 Å². The van der Waals surface area contributed by atoms with Crippen LogP contribution >= 0.6 is 11.3 Å². The highest BCUT2D eigenvalue weighted by molar-refractivity contribution is 7.14. The molecule has 0 spiro atoms. The van der Waals surface area contributed by atoms with Gasteiger partial charge in [0, 0.05) is 17.6 Å². The molecule has 1 aromatic carbocycles. The highest BCUT2D eigenvalue weighted by atomic mass is 32.1. The second-order valence-corrected chi connectivity index (χ2v) is 8.21. The van der Waals surface area contributed by atoms with Crippen molar-refractivity contribution in [3.63, 3.8) is 0 Å². The number of nitrogens with zero attached hydrogens (tertiary/aromatic N) is 1. The zero-order valence-electron chi connectivity index (χ0n) is 15.7. The van der Waals surface area contributed by atoms with E-state index < -0.39 is 0 Å². The molecule has 1 aromatic heterocycles. The molecule has 26 heavy (non-hydrogen) atoms. The van der Waals surface area contributed by atoms with E-state index in [0.29, 0.717) is 0 Å². The molecule has 2 aromatic rings. The molecule has 1 aliphatic carbocycles. The number of hydrogen-bond acceptors (Lipinski definition) is 3. The second-order valence-electron chi connectivity index (χ2n) is 7.08. The van der Waals surface area contributed by atoms with Crippen LogP contribution in [0.15, 0.2) is 24.3 Å². The van der Waals surface area contributed by atoms with Gasteiger partial charge in [0.25, 0.3) is 5.91 Å². The molecule has 0 fully saturated rings. The van der Waals surface area contributed by atoms with E-state index in [1.54, 1.807) is 18.4 Å². The summed E-state index contributed by atoms with van der Waals surface area (Å²) in [6.45, 7) is 4.05. The first-order valence-electron chi connectivity index (χ1n) is 9.19. The normalized spacial score (nSPS) is 13.7. The number of fused-ring (bicyclic) bond motifs is 1. The minimum absolute atomic E-state index is 0.0504. The van der Waals surface area contributed by atoms with Crippen LogP contribution in [0.3, 0.4) is 0 Å². The summed E-state index contributed by atoms with van der Waals surface area (Å²) in [5.74, 6) is -0.244. The van der Waals surface area contributed by atoms with E-state index >= 15 is 0 Å². The average molecular weight is 371 g/mol. The summed E-state index contributed by atoms with van der Waals surface area (Å²) in [5.41, 5.74) is 4.31. The Morgan fingerprint density at radius 3 is 2.73 bits per heavy atom. The molecule has 0 radical (unpaired) electrons. The predicted octanol–water partition coefficient (Wildman–Crippen LogP) is 4.34. The molecule has 5 heteroatoms. The monoisotopic (exact) mass is 370 g/mol. The van der Waals surface area contributed by atoms with Crippen molar-refractivity contribution < 1.29 is 9.59 Å². The van der Waals surface area contributed by atoms with Gasteiger partial charge in [-0.05, 0) is 68.4 Å². The van der Waals surface area contributed by atoms with Gasteiger partial charge in [0.05, 0.1) is 11.4 Å². The third-order valence-electron chi connectivity index (χ3n) is 5.06. The number of rotatable bonds is 4. The van der Waals surface area contributed by atoms with Crippen LogP contribution in [0.2, 0.25) is 0 Å². The minimum Gasteiger partial charge on any atom is -0.332 e. The van der Waals surface area contributed by atoms with Crippen LogP contribution in [-0.2, 0) is 17.6 Å². The lowest BCUT2D eigenvalue weighted by Gasteiger charge is -2.17. The summed E-state index contributed by atoms with van der Waals surface area (Å²) in [6.07, 6.45) is 5.81. The number of anilines is 1. The lowest BCUT2D eigenvalue weighted by molar-refractivity contribution is -0.116. The first-order chi connectivity index (χ1) is 12.5. The van der Waals surface area contributed by atoms with E-state index in [2.05, 4.69) is 5.32 Å². The van der Waals surface area contributed by atoms with Crippen molar-refractivity contribution in [3.8, 4) is 0 Å². The number of amides is 2. The molecule has 0 bridgehead atoms. The number of likely N-dealkylation sites (N-methyl/N-ethyl adjacent to an activating group) is 1. The number of carbonyl (C=O) groups is 2. The summed E-state index contributed by atoms with van der Waals surface area (Å²) in [6, 6.07) is 7.86. The van der Waals surface area contributed by atoms with E-state index in [-0.39, 0.29) is 18.4 Å². The van der Waals surface area contributed by atoms with Gasteiger partial charge < -0.3 is 10.2 Å². The lowest BCUT2D eigenvalue weighted by Crippen LogP contribution is -2.34. The van der Waals surface area contributed by atoms with Gasteiger partial charge >= 0.3 is 0 Å². The zero-order valence-corrected chi connectivity index (χ0v) is 16.5. The fourth-order valence-electron chi connectivity index (χ4n) is 3.32. The van der Waals surface area contributed by atoms with E-state index in [1.165, 1.54) is 34.6 Å². The van der Waals surface area contributed by atoms with Crippen LogP contribution < -0.4 is 5.32 Å². The number of nitrogens with one attached hydrogen (secondary N) is 1. The quantitative estimate of drug-likeness (QED) is 0.814. The lowest BCUT2D eigenvalue weighted by atomic mass is 10.1. The maximum absolute atomic E-state index is 12.7. The van der Waals surface area contributed by atoms with Crippen LogP contribution in [0.25, 0.3) is 0 Å². The Morgan fingerprint density at radius 2 is 1.92 bits per heavy atom. The Labute approximate surface area is 159 Å². The van der Waals surface area contributed by atoms with Crippen LogP contribution in [0, 0.1) is 13.8 Å². The van der Waals surface area contributed by atoms with Gasteiger partial charge in [-0.2, -0.15) is 0 Å². The molecule has 0 unspecified atom stereocenters. The fourth-order valence-corrected chi connectivity index (χ4v) is 4.57. The zero-order chi connectivity index (χ0) is 18.7. The van der Waals surface area contributed by atoms with Gasteiger partial charge in [0.2, 0.25) is 5.91 Å². The van der Waals surface area contributed by atoms with Crippen LogP contribution in [0.1, 0.15) is 50.5 Å². The summed E-state index contributed by atoms with van der Waals surface area (Å²) in [5, 5.41) is 2.92. The first-order valence-corrected chi connectivity index (χ1v) is 10.0. The van der Waals surface area contributed by atoms with Crippen molar-refractivity contribution in [1.29, 1.82) is 0 Å². The third-order valence-corrected chi connectivity index (χ3v) is 6.29. The Bertz CT molecular complexity index is 802. The molecule has 0 aliphatic heterocycles. The van der Waals surface area contributed by atoms with Crippen LogP contribution in [-0.4, -0.2) is 30.3 Å². The number of aryl methyl sites for hydroxylation is 3. The van der Waals surface area contributed by atoms with Crippen LogP contribution in [0.5, 0.6) is 0 Å². The predicted molar refractivity (Wildman–Crippen MR) is 107 cm³/mol. The molecule has 1 N–H and O–H groups in total. The van der Waals surface area contributed by atoms with E-state index in [1.807, 2.05) is 38.1 Å². The van der Waals surface area contributed by atoms with Crippen molar-refractivity contribution in [1.82, 2.24) is 4.90 Å². The molecule has 1 heterocycles. The summed E-state index contributed by atoms with van der Waals surface area (Å²) >= 11 is 1.60. The Balaban J connectivity index is 1.64. The van der Waals surface area contributed by atoms with E-state index in [9.17, 15) is 9.59 Å². The fraction of sp³-hybridized carbons (Fsp3) is 0.429. The van der Waals surface area contributed by atoms with Gasteiger partial charge in [-0.1, -0.05) is 18.6 Å². The van der Waals surface area contributed by atoms with Crippen molar-refractivity contribution in [2.75, 3.05) is 18.9 Å². The molecule has 0 saturated heterocycles. The van der Waals surface area contributed by atoms with Gasteiger partial charge in [0.1, 0.15) is 0 Å². The minimum atomic E-state index is -0.173. The standard InChI is InChI=1S/C21H26N2O2S/c1-14-8-7-10-17(15(14)2)22-20(24)13-23(3)21(25)19-12-16-9-5-4-6-11-18(16)26-19/h7-8,10,12H,4-6,9,11,13H2,1-3H3,(H,22,24). The van der Waals surface area contributed by atoms with Gasteiger partial charge in [-0.3, -0.25) is 9.59 Å². The molecule has 0 saturated carbocycles. The van der Waals surface area contributed by atoms with Crippen molar-refractivity contribution >= 4 is 28.8 Å². The van der Waals surface area contributed by atoms with E-state index in [0.717, 1.165) is 34.5 Å². The topological polar surface area (TPSA) is 49.4 Å². The maximum Gasteiger partial charge on any atom is 0.264 e. The number of thiophene rings is 1. The number of benzene rings is 1. The number of carbonyl (C=O) groups excluding carboxylic acids is 2. The van der Waals surface area contributed by atoms with Crippen molar-refractivity contribution in [2.24, 2.45) is 0 Å². The van der Waals surface area contributed by atoms with Gasteiger partial charge in [0.15, 0.2) is 0 Å². The Hall–Kier alpha value is -2.14. The molecule has 138 valence electrons. The molecule has 1 aliphatic rings. The highest BCUT2D eigenvalue weighted by Crippen LogP contribution is 2.29.